The van der Waals surface area contributed by atoms with Gasteiger partial charge in [-0.05, 0) is 39.7 Å². The fraction of sp³-hybridized carbons (Fsp3) is 0.588. The number of anilines is 1. The van der Waals surface area contributed by atoms with Gasteiger partial charge in [0.25, 0.3) is 0 Å². The summed E-state index contributed by atoms with van der Waals surface area (Å²) in [6.45, 7) is 7.27. The number of alkyl carbamates (subject to hydrolysis) is 1. The van der Waals surface area contributed by atoms with Crippen LogP contribution in [0.3, 0.4) is 0 Å². The highest BCUT2D eigenvalue weighted by Crippen LogP contribution is 2.24. The van der Waals surface area contributed by atoms with E-state index in [9.17, 15) is 9.90 Å². The molecule has 1 unspecified atom stereocenters. The van der Waals surface area contributed by atoms with Crippen LogP contribution in [-0.2, 0) is 11.3 Å². The van der Waals surface area contributed by atoms with Crippen molar-refractivity contribution in [1.29, 1.82) is 0 Å². The third kappa shape index (κ3) is 4.63. The van der Waals surface area contributed by atoms with Crippen LogP contribution in [0.25, 0.3) is 0 Å². The summed E-state index contributed by atoms with van der Waals surface area (Å²) in [6.07, 6.45) is 1.58. The third-order valence-corrected chi connectivity index (χ3v) is 3.64. The van der Waals surface area contributed by atoms with Gasteiger partial charge >= 0.3 is 6.09 Å². The van der Waals surface area contributed by atoms with Crippen LogP contribution in [0, 0.1) is 0 Å². The van der Waals surface area contributed by atoms with Crippen molar-refractivity contribution >= 4 is 11.8 Å². The maximum Gasteiger partial charge on any atom is 0.407 e. The van der Waals surface area contributed by atoms with E-state index in [1.165, 1.54) is 0 Å². The normalized spacial score (nSPS) is 18.9. The monoisotopic (exact) mass is 306 g/mol. The van der Waals surface area contributed by atoms with Crippen molar-refractivity contribution < 1.29 is 14.6 Å². The lowest BCUT2D eigenvalue weighted by Gasteiger charge is -2.36. The molecule has 1 aliphatic rings. The predicted octanol–water partition coefficient (Wildman–Crippen LogP) is 2.67. The molecule has 0 aliphatic carbocycles. The molecule has 1 aromatic carbocycles. The largest absolute Gasteiger partial charge is 0.444 e. The fourth-order valence-corrected chi connectivity index (χ4v) is 2.74. The van der Waals surface area contributed by atoms with Gasteiger partial charge in [0.05, 0.1) is 6.61 Å². The predicted molar refractivity (Wildman–Crippen MR) is 87.0 cm³/mol. The Kier molecular flexibility index (Phi) is 5.29. The zero-order valence-corrected chi connectivity index (χ0v) is 13.6. The molecule has 1 fully saturated rings. The average molecular weight is 306 g/mol. The first-order valence-electron chi connectivity index (χ1n) is 7.82. The van der Waals surface area contributed by atoms with E-state index in [4.69, 9.17) is 4.74 Å². The van der Waals surface area contributed by atoms with E-state index in [2.05, 4.69) is 10.2 Å². The molecule has 122 valence electrons. The van der Waals surface area contributed by atoms with Crippen LogP contribution in [0.1, 0.15) is 39.2 Å². The van der Waals surface area contributed by atoms with Crippen molar-refractivity contribution in [2.45, 2.75) is 51.9 Å². The topological polar surface area (TPSA) is 61.8 Å². The van der Waals surface area contributed by atoms with E-state index in [-0.39, 0.29) is 18.7 Å². The van der Waals surface area contributed by atoms with Gasteiger partial charge in [-0.3, -0.25) is 0 Å². The zero-order chi connectivity index (χ0) is 16.2. The average Bonchev–Trinajstić information content (AvgIpc) is 2.45. The van der Waals surface area contributed by atoms with Gasteiger partial charge in [-0.15, -0.1) is 0 Å². The highest BCUT2D eigenvalue weighted by molar-refractivity contribution is 5.68. The minimum atomic E-state index is -0.484. The lowest BCUT2D eigenvalue weighted by atomic mass is 10.0. The van der Waals surface area contributed by atoms with E-state index in [1.54, 1.807) is 0 Å². The number of nitrogens with zero attached hydrogens (tertiary/aromatic N) is 1. The molecule has 0 saturated carbocycles. The minimum absolute atomic E-state index is 0.0246. The van der Waals surface area contributed by atoms with Crippen LogP contribution in [0.15, 0.2) is 24.3 Å². The second-order valence-corrected chi connectivity index (χ2v) is 6.72. The summed E-state index contributed by atoms with van der Waals surface area (Å²) in [7, 11) is 0. The lowest BCUT2D eigenvalue weighted by Crippen LogP contribution is -2.49. The van der Waals surface area contributed by atoms with Gasteiger partial charge in [-0.1, -0.05) is 18.2 Å². The van der Waals surface area contributed by atoms with Gasteiger partial charge in [0.1, 0.15) is 5.60 Å². The Labute approximate surface area is 132 Å². The molecule has 1 heterocycles. The number of hydrogen-bond acceptors (Lipinski definition) is 4. The van der Waals surface area contributed by atoms with Crippen molar-refractivity contribution in [3.05, 3.63) is 29.8 Å². The van der Waals surface area contributed by atoms with E-state index in [0.717, 1.165) is 37.2 Å². The van der Waals surface area contributed by atoms with E-state index in [1.807, 2.05) is 45.0 Å². The summed E-state index contributed by atoms with van der Waals surface area (Å²) in [5.74, 6) is 0. The number of ether oxygens (including phenoxy) is 1. The number of para-hydroxylation sites is 1. The number of carbonyl (C=O) groups is 1. The minimum Gasteiger partial charge on any atom is -0.444 e. The number of aliphatic hydroxyl groups excluding tert-OH is 1. The van der Waals surface area contributed by atoms with Gasteiger partial charge in [-0.25, -0.2) is 4.79 Å². The van der Waals surface area contributed by atoms with Crippen LogP contribution < -0.4 is 10.2 Å². The number of nitrogens with one attached hydrogen (secondary N) is 1. The van der Waals surface area contributed by atoms with Crippen LogP contribution >= 0.6 is 0 Å². The molecule has 1 atom stereocenters. The van der Waals surface area contributed by atoms with Crippen molar-refractivity contribution in [2.75, 3.05) is 18.0 Å². The second kappa shape index (κ2) is 7.01. The van der Waals surface area contributed by atoms with Gasteiger partial charge in [-0.2, -0.15) is 0 Å². The van der Waals surface area contributed by atoms with Crippen molar-refractivity contribution in [3.63, 3.8) is 0 Å². The Bertz CT molecular complexity index is 511. The number of piperidine rings is 1. The molecule has 1 aromatic rings. The van der Waals surface area contributed by atoms with Crippen LogP contribution in [0.2, 0.25) is 0 Å². The van der Waals surface area contributed by atoms with Crippen LogP contribution in [-0.4, -0.2) is 35.9 Å². The molecule has 5 nitrogen and oxygen atoms in total. The maximum atomic E-state index is 11.9. The molecule has 22 heavy (non-hydrogen) atoms. The summed E-state index contributed by atoms with van der Waals surface area (Å²) >= 11 is 0. The molecular weight excluding hydrogens is 280 g/mol. The quantitative estimate of drug-likeness (QED) is 0.901. The van der Waals surface area contributed by atoms with Crippen LogP contribution in [0.5, 0.6) is 0 Å². The SMILES string of the molecule is CC(C)(C)OC(=O)NC1CCCN(c2ccccc2CO)C1. The molecule has 2 rings (SSSR count). The smallest absolute Gasteiger partial charge is 0.407 e. The summed E-state index contributed by atoms with van der Waals surface area (Å²) in [4.78, 5) is 14.1. The van der Waals surface area contributed by atoms with Crippen molar-refractivity contribution in [2.24, 2.45) is 0 Å². The lowest BCUT2D eigenvalue weighted by molar-refractivity contribution is 0.0500. The van der Waals surface area contributed by atoms with Crippen molar-refractivity contribution in [1.82, 2.24) is 5.32 Å². The molecule has 0 spiro atoms. The summed E-state index contributed by atoms with van der Waals surface area (Å²) in [5.41, 5.74) is 1.48. The molecule has 2 N–H and O–H groups in total. The Morgan fingerprint density at radius 2 is 2.14 bits per heavy atom. The number of rotatable bonds is 3. The number of carbonyl (C=O) groups excluding carboxylic acids is 1. The molecule has 0 aromatic heterocycles. The first kappa shape index (κ1) is 16.6. The van der Waals surface area contributed by atoms with Crippen LogP contribution in [0.4, 0.5) is 10.5 Å². The van der Waals surface area contributed by atoms with E-state index < -0.39 is 5.60 Å². The number of amides is 1. The van der Waals surface area contributed by atoms with Gasteiger partial charge < -0.3 is 20.1 Å². The highest BCUT2D eigenvalue weighted by Gasteiger charge is 2.25. The van der Waals surface area contributed by atoms with E-state index >= 15 is 0 Å². The Morgan fingerprint density at radius 3 is 2.82 bits per heavy atom. The Hall–Kier alpha value is -1.75. The first-order valence-corrected chi connectivity index (χ1v) is 7.82. The standard InChI is InChI=1S/C17H26N2O3/c1-17(2,3)22-16(21)18-14-8-6-10-19(11-14)15-9-5-4-7-13(15)12-20/h4-5,7,9,14,20H,6,8,10-12H2,1-3H3,(H,18,21). The van der Waals surface area contributed by atoms with Crippen molar-refractivity contribution in [3.8, 4) is 0 Å². The van der Waals surface area contributed by atoms with Gasteiger partial charge in [0.2, 0.25) is 0 Å². The summed E-state index contributed by atoms with van der Waals surface area (Å²) in [6, 6.07) is 7.91. The number of benzene rings is 1. The Balaban J connectivity index is 1.98. The summed E-state index contributed by atoms with van der Waals surface area (Å²) < 4.78 is 5.32. The Morgan fingerprint density at radius 1 is 1.41 bits per heavy atom. The third-order valence-electron chi connectivity index (χ3n) is 3.64. The second-order valence-electron chi connectivity index (χ2n) is 6.72. The molecule has 5 heteroatoms. The maximum absolute atomic E-state index is 11.9. The zero-order valence-electron chi connectivity index (χ0n) is 13.6. The highest BCUT2D eigenvalue weighted by atomic mass is 16.6. The molecule has 1 amide bonds. The fourth-order valence-electron chi connectivity index (χ4n) is 2.74. The molecular formula is C17H26N2O3. The number of aliphatic hydroxyl groups is 1. The van der Waals surface area contributed by atoms with E-state index in [0.29, 0.717) is 0 Å². The number of hydrogen-bond donors (Lipinski definition) is 2. The molecule has 0 bridgehead atoms. The molecule has 0 radical (unpaired) electrons. The molecule has 1 saturated heterocycles. The van der Waals surface area contributed by atoms with Gasteiger partial charge in [0.15, 0.2) is 0 Å². The first-order chi connectivity index (χ1) is 10.4. The molecule has 1 aliphatic heterocycles. The van der Waals surface area contributed by atoms with Gasteiger partial charge in [0, 0.05) is 30.4 Å². The summed E-state index contributed by atoms with van der Waals surface area (Å²) in [5, 5.41) is 12.4.